The number of hydrogen-bond donors (Lipinski definition) is 1. The van der Waals surface area contributed by atoms with Gasteiger partial charge in [0.05, 0.1) is 10.5 Å². The molecule has 18 heavy (non-hydrogen) atoms. The summed E-state index contributed by atoms with van der Waals surface area (Å²) in [6, 6.07) is 6.83. The fraction of sp³-hybridized carbons (Fsp3) is 0.538. The molecule has 0 spiro atoms. The first-order chi connectivity index (χ1) is 8.16. The van der Waals surface area contributed by atoms with Crippen molar-refractivity contribution in [2.75, 3.05) is 13.6 Å². The molecular formula is C13H21NO3S. The van der Waals surface area contributed by atoms with Gasteiger partial charge in [0.15, 0.2) is 0 Å². The highest BCUT2D eigenvalue weighted by atomic mass is 32.2. The average Bonchev–Trinajstić information content (AvgIpc) is 2.27. The SMILES string of the molecule is CCc1ccc(S(=O)(=O)N(C)CC(C)(C)O)cc1. The van der Waals surface area contributed by atoms with Gasteiger partial charge in [0.25, 0.3) is 0 Å². The summed E-state index contributed by atoms with van der Waals surface area (Å²) in [5.41, 5.74) is 0.0460. The van der Waals surface area contributed by atoms with Gasteiger partial charge in [0, 0.05) is 13.6 Å². The van der Waals surface area contributed by atoms with E-state index in [1.54, 1.807) is 26.0 Å². The van der Waals surface area contributed by atoms with Crippen molar-refractivity contribution >= 4 is 10.0 Å². The number of aryl methyl sites for hydroxylation is 1. The molecule has 1 rings (SSSR count). The Hall–Kier alpha value is -0.910. The van der Waals surface area contributed by atoms with Crippen molar-refractivity contribution in [2.45, 2.75) is 37.7 Å². The predicted molar refractivity (Wildman–Crippen MR) is 71.9 cm³/mol. The molecule has 1 N–H and O–H groups in total. The van der Waals surface area contributed by atoms with E-state index in [1.165, 1.54) is 11.4 Å². The Morgan fingerprint density at radius 1 is 1.22 bits per heavy atom. The molecule has 0 bridgehead atoms. The van der Waals surface area contributed by atoms with Crippen molar-refractivity contribution in [3.05, 3.63) is 29.8 Å². The summed E-state index contributed by atoms with van der Waals surface area (Å²) in [4.78, 5) is 0.256. The summed E-state index contributed by atoms with van der Waals surface area (Å²) < 4.78 is 25.6. The zero-order chi connectivity index (χ0) is 14.0. The monoisotopic (exact) mass is 271 g/mol. The fourth-order valence-corrected chi connectivity index (χ4v) is 3.03. The summed E-state index contributed by atoms with van der Waals surface area (Å²) in [7, 11) is -2.05. The van der Waals surface area contributed by atoms with Crippen LogP contribution < -0.4 is 0 Å². The predicted octanol–water partition coefficient (Wildman–Crippen LogP) is 1.64. The highest BCUT2D eigenvalue weighted by Crippen LogP contribution is 2.17. The van der Waals surface area contributed by atoms with Crippen LogP contribution in [0.4, 0.5) is 0 Å². The molecule has 1 aromatic rings. The highest BCUT2D eigenvalue weighted by Gasteiger charge is 2.26. The summed E-state index contributed by atoms with van der Waals surface area (Å²) in [5.74, 6) is 0. The van der Waals surface area contributed by atoms with E-state index >= 15 is 0 Å². The normalized spacial score (nSPS) is 13.0. The molecule has 0 unspecified atom stereocenters. The second kappa shape index (κ2) is 5.38. The molecule has 0 amide bonds. The molecule has 5 heteroatoms. The Morgan fingerprint density at radius 3 is 2.11 bits per heavy atom. The Kier molecular flexibility index (Phi) is 4.53. The van der Waals surface area contributed by atoms with Gasteiger partial charge in [-0.3, -0.25) is 0 Å². The molecule has 0 fully saturated rings. The van der Waals surface area contributed by atoms with Crippen molar-refractivity contribution in [2.24, 2.45) is 0 Å². The van der Waals surface area contributed by atoms with Gasteiger partial charge >= 0.3 is 0 Å². The summed E-state index contributed by atoms with van der Waals surface area (Å²) >= 11 is 0. The van der Waals surface area contributed by atoms with Crippen molar-refractivity contribution in [3.63, 3.8) is 0 Å². The third-order valence-electron chi connectivity index (χ3n) is 2.65. The lowest BCUT2D eigenvalue weighted by Crippen LogP contribution is -2.39. The number of nitrogens with zero attached hydrogens (tertiary/aromatic N) is 1. The van der Waals surface area contributed by atoms with Gasteiger partial charge in [-0.25, -0.2) is 8.42 Å². The zero-order valence-electron chi connectivity index (χ0n) is 11.3. The second-order valence-electron chi connectivity index (χ2n) is 5.07. The van der Waals surface area contributed by atoms with E-state index < -0.39 is 15.6 Å². The minimum atomic E-state index is -3.52. The van der Waals surface area contributed by atoms with Gasteiger partial charge in [-0.2, -0.15) is 4.31 Å². The lowest BCUT2D eigenvalue weighted by Gasteiger charge is -2.25. The smallest absolute Gasteiger partial charge is 0.242 e. The van der Waals surface area contributed by atoms with Crippen LogP contribution in [0.3, 0.4) is 0 Å². The molecule has 0 atom stereocenters. The number of benzene rings is 1. The molecule has 0 heterocycles. The first-order valence-corrected chi connectivity index (χ1v) is 7.38. The third kappa shape index (κ3) is 3.80. The molecule has 0 aliphatic carbocycles. The van der Waals surface area contributed by atoms with Crippen LogP contribution in [-0.2, 0) is 16.4 Å². The zero-order valence-corrected chi connectivity index (χ0v) is 12.2. The maximum absolute atomic E-state index is 12.2. The van der Waals surface area contributed by atoms with Crippen LogP contribution >= 0.6 is 0 Å². The van der Waals surface area contributed by atoms with Crippen molar-refractivity contribution in [3.8, 4) is 0 Å². The van der Waals surface area contributed by atoms with Gasteiger partial charge < -0.3 is 5.11 Å². The Balaban J connectivity index is 2.98. The summed E-state index contributed by atoms with van der Waals surface area (Å²) in [6.07, 6.45) is 0.875. The quantitative estimate of drug-likeness (QED) is 0.885. The van der Waals surface area contributed by atoms with E-state index in [9.17, 15) is 13.5 Å². The highest BCUT2D eigenvalue weighted by molar-refractivity contribution is 7.89. The Bertz CT molecular complexity index is 486. The van der Waals surface area contributed by atoms with Crippen LogP contribution in [0.15, 0.2) is 29.2 Å². The van der Waals surface area contributed by atoms with E-state index in [-0.39, 0.29) is 11.4 Å². The minimum Gasteiger partial charge on any atom is -0.389 e. The van der Waals surface area contributed by atoms with Crippen LogP contribution in [0.1, 0.15) is 26.3 Å². The molecule has 4 nitrogen and oxygen atoms in total. The number of sulfonamides is 1. The van der Waals surface area contributed by atoms with Crippen molar-refractivity contribution < 1.29 is 13.5 Å². The van der Waals surface area contributed by atoms with E-state index in [2.05, 4.69) is 0 Å². The molecule has 0 radical (unpaired) electrons. The molecule has 0 aliphatic heterocycles. The molecule has 0 saturated carbocycles. The summed E-state index contributed by atoms with van der Waals surface area (Å²) in [5, 5.41) is 9.67. The molecule has 0 saturated heterocycles. The van der Waals surface area contributed by atoms with E-state index in [1.807, 2.05) is 19.1 Å². The topological polar surface area (TPSA) is 57.6 Å². The van der Waals surface area contributed by atoms with Crippen LogP contribution in [0.5, 0.6) is 0 Å². The molecule has 102 valence electrons. The van der Waals surface area contributed by atoms with Gasteiger partial charge in [0.1, 0.15) is 0 Å². The van der Waals surface area contributed by atoms with E-state index in [0.29, 0.717) is 0 Å². The van der Waals surface area contributed by atoms with Crippen LogP contribution in [0, 0.1) is 0 Å². The lowest BCUT2D eigenvalue weighted by atomic mass is 10.1. The average molecular weight is 271 g/mol. The number of rotatable bonds is 5. The molecular weight excluding hydrogens is 250 g/mol. The molecule has 0 aliphatic rings. The lowest BCUT2D eigenvalue weighted by molar-refractivity contribution is 0.0640. The number of likely N-dealkylation sites (N-methyl/N-ethyl adjacent to an activating group) is 1. The summed E-state index contributed by atoms with van der Waals surface area (Å²) in [6.45, 7) is 5.24. The largest absolute Gasteiger partial charge is 0.389 e. The van der Waals surface area contributed by atoms with Crippen molar-refractivity contribution in [1.82, 2.24) is 4.31 Å². The van der Waals surface area contributed by atoms with E-state index in [0.717, 1.165) is 12.0 Å². The van der Waals surface area contributed by atoms with Crippen LogP contribution in [0.25, 0.3) is 0 Å². The van der Waals surface area contributed by atoms with Gasteiger partial charge in [-0.1, -0.05) is 19.1 Å². The molecule has 0 aromatic heterocycles. The first kappa shape index (κ1) is 15.1. The second-order valence-corrected chi connectivity index (χ2v) is 7.12. The Labute approximate surface area is 109 Å². The number of aliphatic hydroxyl groups is 1. The van der Waals surface area contributed by atoms with Gasteiger partial charge in [-0.15, -0.1) is 0 Å². The van der Waals surface area contributed by atoms with Crippen LogP contribution in [0.2, 0.25) is 0 Å². The third-order valence-corrected chi connectivity index (χ3v) is 4.47. The number of hydrogen-bond acceptors (Lipinski definition) is 3. The first-order valence-electron chi connectivity index (χ1n) is 5.94. The standard InChI is InChI=1S/C13H21NO3S/c1-5-11-6-8-12(9-7-11)18(16,17)14(4)10-13(2,3)15/h6-9,15H,5,10H2,1-4H3. The Morgan fingerprint density at radius 2 is 1.72 bits per heavy atom. The minimum absolute atomic E-state index is 0.0604. The molecule has 1 aromatic carbocycles. The maximum atomic E-state index is 12.2. The van der Waals surface area contributed by atoms with Crippen molar-refractivity contribution in [1.29, 1.82) is 0 Å². The van der Waals surface area contributed by atoms with Crippen LogP contribution in [-0.4, -0.2) is 37.0 Å². The van der Waals surface area contributed by atoms with Gasteiger partial charge in [-0.05, 0) is 38.0 Å². The van der Waals surface area contributed by atoms with Gasteiger partial charge in [0.2, 0.25) is 10.0 Å². The fourth-order valence-electron chi connectivity index (χ4n) is 1.71. The maximum Gasteiger partial charge on any atom is 0.242 e. The van der Waals surface area contributed by atoms with E-state index in [4.69, 9.17) is 0 Å².